The quantitative estimate of drug-likeness (QED) is 0.522. The van der Waals surface area contributed by atoms with E-state index in [1.807, 2.05) is 42.9 Å². The monoisotopic (exact) mass is 431 g/mol. The molecule has 32 heavy (non-hydrogen) atoms. The molecule has 166 valence electrons. The topological polar surface area (TPSA) is 66.7 Å². The molecule has 0 unspecified atom stereocenters. The summed E-state index contributed by atoms with van der Waals surface area (Å²) < 4.78 is 7.30. The molecular weight excluding hydrogens is 402 g/mol. The lowest BCUT2D eigenvalue weighted by atomic mass is 9.90. The average Bonchev–Trinajstić information content (AvgIpc) is 3.21. The molecule has 2 aromatic carbocycles. The number of imidazole rings is 1. The van der Waals surface area contributed by atoms with Gasteiger partial charge in [0.1, 0.15) is 17.9 Å². The summed E-state index contributed by atoms with van der Waals surface area (Å²) in [5.74, 6) is 1.63. The van der Waals surface area contributed by atoms with Crippen molar-refractivity contribution in [3.05, 3.63) is 54.9 Å². The third-order valence-electron chi connectivity index (χ3n) is 6.33. The number of benzene rings is 2. The molecule has 5 rings (SSSR count). The first-order chi connectivity index (χ1) is 15.4. The van der Waals surface area contributed by atoms with Crippen LogP contribution in [0.15, 0.2) is 54.9 Å². The van der Waals surface area contributed by atoms with E-state index in [1.165, 1.54) is 5.69 Å². The largest absolute Gasteiger partial charge is 0.497 e. The number of methoxy groups -OCH3 is 1. The maximum absolute atomic E-state index is 10.8. The number of aliphatic hydroxyl groups is 1. The van der Waals surface area contributed by atoms with Crippen LogP contribution in [0.25, 0.3) is 27.8 Å². The molecule has 1 aliphatic rings. The van der Waals surface area contributed by atoms with Crippen LogP contribution in [0.3, 0.4) is 0 Å². The van der Waals surface area contributed by atoms with Crippen LogP contribution < -0.4 is 9.64 Å². The van der Waals surface area contributed by atoms with E-state index in [0.717, 1.165) is 59.4 Å². The normalized spacial score (nSPS) is 16.2. The number of likely N-dealkylation sites (N-methyl/N-ethyl adjacent to an activating group) is 1. The Kier molecular flexibility index (Phi) is 5.23. The summed E-state index contributed by atoms with van der Waals surface area (Å²) in [5.41, 5.74) is 3.40. The highest BCUT2D eigenvalue weighted by Crippen LogP contribution is 2.29. The van der Waals surface area contributed by atoms with Crippen molar-refractivity contribution in [3.8, 4) is 11.6 Å². The van der Waals surface area contributed by atoms with Gasteiger partial charge in [0.25, 0.3) is 0 Å². The number of hydrogen-bond donors (Lipinski definition) is 1. The smallest absolute Gasteiger partial charge is 0.139 e. The minimum atomic E-state index is -0.592. The molecule has 0 radical (unpaired) electrons. The number of anilines is 1. The summed E-state index contributed by atoms with van der Waals surface area (Å²) >= 11 is 0. The molecule has 7 nitrogen and oxygen atoms in total. The van der Waals surface area contributed by atoms with Crippen molar-refractivity contribution in [3.63, 3.8) is 0 Å². The summed E-state index contributed by atoms with van der Waals surface area (Å²) in [4.78, 5) is 13.8. The summed E-state index contributed by atoms with van der Waals surface area (Å²) in [7, 11) is 5.68. The van der Waals surface area contributed by atoms with E-state index in [4.69, 9.17) is 9.72 Å². The van der Waals surface area contributed by atoms with Gasteiger partial charge in [0.15, 0.2) is 0 Å². The van der Waals surface area contributed by atoms with Gasteiger partial charge in [-0.05, 0) is 69.4 Å². The Morgan fingerprint density at radius 3 is 2.59 bits per heavy atom. The highest BCUT2D eigenvalue weighted by atomic mass is 16.5. The van der Waals surface area contributed by atoms with Crippen LogP contribution in [0.1, 0.15) is 12.8 Å². The number of piperidine rings is 1. The van der Waals surface area contributed by atoms with E-state index in [1.54, 1.807) is 13.4 Å². The molecule has 4 aromatic rings. The fourth-order valence-corrected chi connectivity index (χ4v) is 4.66. The second-order valence-electron chi connectivity index (χ2n) is 8.96. The Morgan fingerprint density at radius 1 is 1.03 bits per heavy atom. The lowest BCUT2D eigenvalue weighted by Gasteiger charge is -2.40. The first-order valence-corrected chi connectivity index (χ1v) is 11.0. The van der Waals surface area contributed by atoms with Gasteiger partial charge >= 0.3 is 0 Å². The third-order valence-corrected chi connectivity index (χ3v) is 6.33. The van der Waals surface area contributed by atoms with Gasteiger partial charge < -0.3 is 19.6 Å². The van der Waals surface area contributed by atoms with E-state index in [9.17, 15) is 5.11 Å². The number of hydrogen-bond acceptors (Lipinski definition) is 6. The first-order valence-electron chi connectivity index (χ1n) is 11.0. The van der Waals surface area contributed by atoms with Gasteiger partial charge in [-0.15, -0.1) is 0 Å². The summed E-state index contributed by atoms with van der Waals surface area (Å²) in [5, 5.41) is 11.9. The Labute approximate surface area is 187 Å². The van der Waals surface area contributed by atoms with Gasteiger partial charge in [-0.3, -0.25) is 4.57 Å². The van der Waals surface area contributed by atoms with Crippen LogP contribution in [0.2, 0.25) is 0 Å². The number of pyridine rings is 1. The van der Waals surface area contributed by atoms with Crippen molar-refractivity contribution in [1.29, 1.82) is 0 Å². The maximum Gasteiger partial charge on any atom is 0.139 e. The molecule has 0 aliphatic carbocycles. The SMILES string of the molecule is COc1ccc2c(c1)ncn2-c1ccc2cc(N3CCC(O)(CN(C)C)CC3)ccc2n1. The van der Waals surface area contributed by atoms with Crippen LogP contribution in [0.4, 0.5) is 5.69 Å². The summed E-state index contributed by atoms with van der Waals surface area (Å²) in [6.45, 7) is 2.42. The molecule has 7 heteroatoms. The minimum Gasteiger partial charge on any atom is -0.497 e. The van der Waals surface area contributed by atoms with E-state index in [0.29, 0.717) is 6.54 Å². The first kappa shape index (κ1) is 20.7. The Hall–Kier alpha value is -3.16. The Bertz CT molecular complexity index is 1260. The fourth-order valence-electron chi connectivity index (χ4n) is 4.66. The van der Waals surface area contributed by atoms with Crippen molar-refractivity contribution in [1.82, 2.24) is 19.4 Å². The van der Waals surface area contributed by atoms with Crippen LogP contribution in [0, 0.1) is 0 Å². The second-order valence-corrected chi connectivity index (χ2v) is 8.96. The number of fused-ring (bicyclic) bond motifs is 2. The predicted molar refractivity (Wildman–Crippen MR) is 128 cm³/mol. The standard InChI is InChI=1S/C25H29N5O2/c1-28(2)16-25(31)10-12-29(13-11-25)19-5-7-21-18(14-19)4-9-24(27-21)30-17-26-22-15-20(32-3)6-8-23(22)30/h4-9,14-15,17,31H,10-13,16H2,1-3H3. The fraction of sp³-hybridized carbons (Fsp3) is 0.360. The minimum absolute atomic E-state index is 0.592. The number of ether oxygens (including phenoxy) is 1. The van der Waals surface area contributed by atoms with E-state index < -0.39 is 5.60 Å². The van der Waals surface area contributed by atoms with Gasteiger partial charge in [0.05, 0.1) is 29.3 Å². The van der Waals surface area contributed by atoms with Gasteiger partial charge in [-0.1, -0.05) is 0 Å². The van der Waals surface area contributed by atoms with Crippen molar-refractivity contribution >= 4 is 27.6 Å². The van der Waals surface area contributed by atoms with Crippen molar-refractivity contribution in [2.24, 2.45) is 0 Å². The molecule has 0 bridgehead atoms. The average molecular weight is 432 g/mol. The third kappa shape index (κ3) is 3.89. The van der Waals surface area contributed by atoms with Gasteiger partial charge in [0.2, 0.25) is 0 Å². The lowest BCUT2D eigenvalue weighted by Crippen LogP contribution is -2.49. The highest BCUT2D eigenvalue weighted by molar-refractivity contribution is 5.84. The molecule has 1 N–H and O–H groups in total. The molecule has 0 atom stereocenters. The van der Waals surface area contributed by atoms with Crippen molar-refractivity contribution in [2.75, 3.05) is 45.7 Å². The van der Waals surface area contributed by atoms with E-state index in [-0.39, 0.29) is 0 Å². The zero-order valence-electron chi connectivity index (χ0n) is 18.8. The molecule has 0 amide bonds. The van der Waals surface area contributed by atoms with Crippen LogP contribution >= 0.6 is 0 Å². The van der Waals surface area contributed by atoms with Crippen molar-refractivity contribution in [2.45, 2.75) is 18.4 Å². The zero-order chi connectivity index (χ0) is 22.3. The van der Waals surface area contributed by atoms with Crippen LogP contribution in [-0.2, 0) is 0 Å². The van der Waals surface area contributed by atoms with Crippen LogP contribution in [-0.4, -0.2) is 71.0 Å². The van der Waals surface area contributed by atoms with Crippen molar-refractivity contribution < 1.29 is 9.84 Å². The molecule has 0 spiro atoms. The molecule has 1 saturated heterocycles. The van der Waals surface area contributed by atoms with Gasteiger partial charge in [-0.2, -0.15) is 0 Å². The van der Waals surface area contributed by atoms with E-state index in [2.05, 4.69) is 39.0 Å². The predicted octanol–water partition coefficient (Wildman–Crippen LogP) is 3.48. The highest BCUT2D eigenvalue weighted by Gasteiger charge is 2.32. The van der Waals surface area contributed by atoms with Crippen LogP contribution in [0.5, 0.6) is 5.75 Å². The molecular formula is C25H29N5O2. The summed E-state index contributed by atoms with van der Waals surface area (Å²) in [6, 6.07) is 16.4. The molecule has 3 heterocycles. The Balaban J connectivity index is 1.39. The van der Waals surface area contributed by atoms with Gasteiger partial charge in [-0.25, -0.2) is 9.97 Å². The number of aromatic nitrogens is 3. The Morgan fingerprint density at radius 2 is 1.84 bits per heavy atom. The number of nitrogens with zero attached hydrogens (tertiary/aromatic N) is 5. The number of rotatable bonds is 5. The maximum atomic E-state index is 10.8. The molecule has 1 fully saturated rings. The lowest BCUT2D eigenvalue weighted by molar-refractivity contribution is -0.00537. The van der Waals surface area contributed by atoms with E-state index >= 15 is 0 Å². The molecule has 2 aromatic heterocycles. The summed E-state index contributed by atoms with van der Waals surface area (Å²) in [6.07, 6.45) is 3.35. The molecule has 1 aliphatic heterocycles. The second kappa shape index (κ2) is 8.07. The van der Waals surface area contributed by atoms with Gasteiger partial charge in [0, 0.05) is 36.8 Å². The molecule has 0 saturated carbocycles. The zero-order valence-corrected chi connectivity index (χ0v) is 18.8.